The minimum absolute atomic E-state index is 0.0129. The van der Waals surface area contributed by atoms with Gasteiger partial charge in [0.25, 0.3) is 5.91 Å². The number of halogens is 1. The molecule has 28 heavy (non-hydrogen) atoms. The lowest BCUT2D eigenvalue weighted by molar-refractivity contribution is 0.0909. The number of benzene rings is 2. The van der Waals surface area contributed by atoms with Crippen molar-refractivity contribution in [1.82, 2.24) is 10.2 Å². The molecule has 1 N–H and O–H groups in total. The number of hydrogen-bond donors (Lipinski definition) is 1. The van der Waals surface area contributed by atoms with Crippen LogP contribution in [0.1, 0.15) is 34.3 Å². The van der Waals surface area contributed by atoms with E-state index in [4.69, 9.17) is 11.6 Å². The maximum absolute atomic E-state index is 12.5. The van der Waals surface area contributed by atoms with E-state index < -0.39 is 9.84 Å². The van der Waals surface area contributed by atoms with E-state index in [2.05, 4.69) is 10.2 Å². The van der Waals surface area contributed by atoms with Gasteiger partial charge in [-0.05, 0) is 48.2 Å². The molecule has 1 amide bonds. The van der Waals surface area contributed by atoms with E-state index in [1.807, 2.05) is 24.3 Å². The summed E-state index contributed by atoms with van der Waals surface area (Å²) in [6, 6.07) is 14.8. The first-order valence-electron chi connectivity index (χ1n) is 9.33. The Balaban J connectivity index is 1.47. The molecule has 0 unspecified atom stereocenters. The molecule has 1 fully saturated rings. The zero-order valence-electron chi connectivity index (χ0n) is 15.9. The summed E-state index contributed by atoms with van der Waals surface area (Å²) >= 11 is 5.93. The zero-order valence-corrected chi connectivity index (χ0v) is 17.5. The summed E-state index contributed by atoms with van der Waals surface area (Å²) in [5, 5.41) is 3.84. The number of piperidine rings is 1. The summed E-state index contributed by atoms with van der Waals surface area (Å²) < 4.78 is 22.7. The van der Waals surface area contributed by atoms with E-state index in [9.17, 15) is 13.2 Å². The van der Waals surface area contributed by atoms with Gasteiger partial charge in [-0.2, -0.15) is 0 Å². The van der Waals surface area contributed by atoms with Crippen molar-refractivity contribution in [3.05, 3.63) is 70.2 Å². The van der Waals surface area contributed by atoms with Crippen molar-refractivity contribution in [2.24, 2.45) is 0 Å². The molecule has 1 aliphatic heterocycles. The van der Waals surface area contributed by atoms with Gasteiger partial charge in [0.1, 0.15) is 0 Å². The number of likely N-dealkylation sites (tertiary alicyclic amines) is 1. The van der Waals surface area contributed by atoms with Crippen LogP contribution >= 0.6 is 11.6 Å². The second kappa shape index (κ2) is 9.07. The van der Waals surface area contributed by atoms with Crippen molar-refractivity contribution in [3.63, 3.8) is 0 Å². The van der Waals surface area contributed by atoms with E-state index in [0.29, 0.717) is 11.1 Å². The maximum atomic E-state index is 12.5. The summed E-state index contributed by atoms with van der Waals surface area (Å²) in [4.78, 5) is 14.8. The van der Waals surface area contributed by atoms with Crippen molar-refractivity contribution in [2.45, 2.75) is 31.2 Å². The van der Waals surface area contributed by atoms with Gasteiger partial charge in [-0.25, -0.2) is 8.42 Å². The standard InChI is InChI=1S/C21H25ClN2O3S/c1-28(26,27)15-17-2-6-18(7-3-17)21(25)23-20-10-12-24(13-11-20)14-16-4-8-19(22)9-5-16/h2-9,20H,10-15H2,1H3,(H,23,25). The zero-order chi connectivity index (χ0) is 20.1. The third-order valence-electron chi connectivity index (χ3n) is 4.89. The molecular weight excluding hydrogens is 396 g/mol. The average Bonchev–Trinajstić information content (AvgIpc) is 2.64. The lowest BCUT2D eigenvalue weighted by atomic mass is 10.0. The van der Waals surface area contributed by atoms with Crippen molar-refractivity contribution < 1.29 is 13.2 Å². The number of rotatable bonds is 6. The molecule has 2 aromatic carbocycles. The molecule has 0 bridgehead atoms. The Morgan fingerprint density at radius 3 is 2.18 bits per heavy atom. The quantitative estimate of drug-likeness (QED) is 0.778. The molecule has 3 rings (SSSR count). The molecule has 0 spiro atoms. The Kier molecular flexibility index (Phi) is 6.75. The molecule has 7 heteroatoms. The number of amides is 1. The molecule has 2 aromatic rings. The van der Waals surface area contributed by atoms with Crippen LogP contribution in [0.15, 0.2) is 48.5 Å². The Bertz CT molecular complexity index is 904. The highest BCUT2D eigenvalue weighted by Crippen LogP contribution is 2.16. The molecule has 0 radical (unpaired) electrons. The number of hydrogen-bond acceptors (Lipinski definition) is 4. The van der Waals surface area contributed by atoms with Gasteiger partial charge in [-0.15, -0.1) is 0 Å². The molecule has 5 nitrogen and oxygen atoms in total. The molecule has 0 atom stereocenters. The Morgan fingerprint density at radius 1 is 1.04 bits per heavy atom. The predicted octanol–water partition coefficient (Wildman–Crippen LogP) is 3.28. The topological polar surface area (TPSA) is 66.5 Å². The Hall–Kier alpha value is -1.89. The summed E-state index contributed by atoms with van der Waals surface area (Å²) in [6.07, 6.45) is 3.02. The Morgan fingerprint density at radius 2 is 1.61 bits per heavy atom. The SMILES string of the molecule is CS(=O)(=O)Cc1ccc(C(=O)NC2CCN(Cc3ccc(Cl)cc3)CC2)cc1. The average molecular weight is 421 g/mol. The second-order valence-electron chi connectivity index (χ2n) is 7.42. The van der Waals surface area contributed by atoms with Crippen molar-refractivity contribution in [2.75, 3.05) is 19.3 Å². The van der Waals surface area contributed by atoms with E-state index in [1.165, 1.54) is 11.8 Å². The monoisotopic (exact) mass is 420 g/mol. The summed E-state index contributed by atoms with van der Waals surface area (Å²) in [6.45, 7) is 2.75. The van der Waals surface area contributed by atoms with E-state index in [0.717, 1.165) is 37.5 Å². The van der Waals surface area contributed by atoms with Crippen molar-refractivity contribution in [1.29, 1.82) is 0 Å². The third kappa shape index (κ3) is 6.33. The van der Waals surface area contributed by atoms with Crippen LogP contribution in [0.2, 0.25) is 5.02 Å². The Labute approximate surface area is 171 Å². The first kappa shape index (κ1) is 20.8. The van der Waals surface area contributed by atoms with Gasteiger partial charge < -0.3 is 5.32 Å². The minimum Gasteiger partial charge on any atom is -0.349 e. The number of sulfone groups is 1. The molecule has 1 saturated heterocycles. The molecule has 1 aliphatic rings. The summed E-state index contributed by atoms with van der Waals surface area (Å²) in [7, 11) is -3.07. The van der Waals surface area contributed by atoms with Crippen LogP contribution in [0.3, 0.4) is 0 Å². The highest BCUT2D eigenvalue weighted by Gasteiger charge is 2.21. The van der Waals surface area contributed by atoms with E-state index in [-0.39, 0.29) is 17.7 Å². The van der Waals surface area contributed by atoms with Gasteiger partial charge in [0.2, 0.25) is 0 Å². The van der Waals surface area contributed by atoms with Crippen molar-refractivity contribution >= 4 is 27.3 Å². The second-order valence-corrected chi connectivity index (χ2v) is 9.99. The van der Waals surface area contributed by atoms with E-state index in [1.54, 1.807) is 24.3 Å². The fraction of sp³-hybridized carbons (Fsp3) is 0.381. The lowest BCUT2D eigenvalue weighted by Gasteiger charge is -2.32. The van der Waals surface area contributed by atoms with Gasteiger partial charge in [0.15, 0.2) is 9.84 Å². The van der Waals surface area contributed by atoms with E-state index >= 15 is 0 Å². The van der Waals surface area contributed by atoms with Crippen LogP contribution in [0.4, 0.5) is 0 Å². The molecule has 1 heterocycles. The minimum atomic E-state index is -3.07. The smallest absolute Gasteiger partial charge is 0.251 e. The number of nitrogens with one attached hydrogen (secondary N) is 1. The highest BCUT2D eigenvalue weighted by molar-refractivity contribution is 7.89. The van der Waals surface area contributed by atoms with Gasteiger partial charge in [0, 0.05) is 42.5 Å². The fourth-order valence-corrected chi connectivity index (χ4v) is 4.33. The first-order valence-corrected chi connectivity index (χ1v) is 11.8. The van der Waals surface area contributed by atoms with Crippen LogP contribution < -0.4 is 5.32 Å². The summed E-state index contributed by atoms with van der Waals surface area (Å²) in [5.41, 5.74) is 2.48. The largest absolute Gasteiger partial charge is 0.349 e. The number of carbonyl (C=O) groups excluding carboxylic acids is 1. The molecular formula is C21H25ClN2O3S. The normalized spacial score (nSPS) is 16.1. The third-order valence-corrected chi connectivity index (χ3v) is 6.00. The van der Waals surface area contributed by atoms with Crippen LogP contribution in [0.5, 0.6) is 0 Å². The van der Waals surface area contributed by atoms with Gasteiger partial charge in [0.05, 0.1) is 5.75 Å². The molecule has 0 aliphatic carbocycles. The molecule has 0 saturated carbocycles. The summed E-state index contributed by atoms with van der Waals surface area (Å²) in [5.74, 6) is -0.122. The lowest BCUT2D eigenvalue weighted by Crippen LogP contribution is -2.44. The molecule has 0 aromatic heterocycles. The maximum Gasteiger partial charge on any atom is 0.251 e. The number of nitrogens with zero attached hydrogens (tertiary/aromatic N) is 1. The van der Waals surface area contributed by atoms with Gasteiger partial charge in [-0.1, -0.05) is 35.9 Å². The predicted molar refractivity (Wildman–Crippen MR) is 112 cm³/mol. The van der Waals surface area contributed by atoms with Crippen LogP contribution in [0, 0.1) is 0 Å². The van der Waals surface area contributed by atoms with Crippen LogP contribution in [-0.2, 0) is 22.1 Å². The van der Waals surface area contributed by atoms with Gasteiger partial charge in [-0.3, -0.25) is 9.69 Å². The van der Waals surface area contributed by atoms with Crippen LogP contribution in [0.25, 0.3) is 0 Å². The fourth-order valence-electron chi connectivity index (χ4n) is 3.41. The molecule has 150 valence electrons. The number of carbonyl (C=O) groups is 1. The van der Waals surface area contributed by atoms with Crippen molar-refractivity contribution in [3.8, 4) is 0 Å². The first-order chi connectivity index (χ1) is 13.3. The van der Waals surface area contributed by atoms with Gasteiger partial charge >= 0.3 is 0 Å². The van der Waals surface area contributed by atoms with Crippen LogP contribution in [-0.4, -0.2) is 44.6 Å². The highest BCUT2D eigenvalue weighted by atomic mass is 35.5.